The summed E-state index contributed by atoms with van der Waals surface area (Å²) in [5.74, 6) is -0.634. The van der Waals surface area contributed by atoms with E-state index in [9.17, 15) is 4.79 Å². The number of ether oxygens (including phenoxy) is 1. The lowest BCUT2D eigenvalue weighted by Crippen LogP contribution is -1.98. The number of hydrogen-bond acceptors (Lipinski definition) is 3. The maximum atomic E-state index is 11.3. The first kappa shape index (κ1) is 8.32. The largest absolute Gasteiger partial charge is 0.360 e. The van der Waals surface area contributed by atoms with Gasteiger partial charge in [-0.3, -0.25) is 0 Å². The van der Waals surface area contributed by atoms with Gasteiger partial charge in [-0.25, -0.2) is 4.79 Å². The SMILES string of the molecule is N#COC(=O)c1c[nH]c2ccccc12. The standard InChI is InChI=1S/C10H6N2O2/c11-6-14-10(13)8-5-12-9-4-2-1-3-7(8)9/h1-5,12H. The summed E-state index contributed by atoms with van der Waals surface area (Å²) in [7, 11) is 0. The Morgan fingerprint density at radius 3 is 3.00 bits per heavy atom. The van der Waals surface area contributed by atoms with Crippen molar-refractivity contribution in [3.05, 3.63) is 36.0 Å². The van der Waals surface area contributed by atoms with Crippen molar-refractivity contribution in [2.75, 3.05) is 0 Å². The molecule has 1 heterocycles. The lowest BCUT2D eigenvalue weighted by Gasteiger charge is -1.92. The third-order valence-corrected chi connectivity index (χ3v) is 1.95. The highest BCUT2D eigenvalue weighted by Gasteiger charge is 2.12. The Kier molecular flexibility index (Phi) is 1.92. The molecule has 68 valence electrons. The molecular formula is C10H6N2O2. The Morgan fingerprint density at radius 1 is 1.43 bits per heavy atom. The smallest absolute Gasteiger partial charge is 0.355 e. The van der Waals surface area contributed by atoms with Crippen molar-refractivity contribution in [1.29, 1.82) is 5.26 Å². The van der Waals surface area contributed by atoms with Crippen molar-refractivity contribution in [3.8, 4) is 6.26 Å². The van der Waals surface area contributed by atoms with E-state index in [1.54, 1.807) is 6.07 Å². The molecule has 0 spiro atoms. The first-order valence-corrected chi connectivity index (χ1v) is 3.99. The molecule has 0 aliphatic rings. The zero-order valence-corrected chi connectivity index (χ0v) is 7.15. The van der Waals surface area contributed by atoms with Gasteiger partial charge in [-0.05, 0) is 6.07 Å². The molecule has 2 aromatic rings. The van der Waals surface area contributed by atoms with Gasteiger partial charge in [0.25, 0.3) is 6.26 Å². The molecule has 14 heavy (non-hydrogen) atoms. The van der Waals surface area contributed by atoms with Gasteiger partial charge in [-0.15, -0.1) is 5.26 Å². The normalized spacial score (nSPS) is 9.64. The van der Waals surface area contributed by atoms with E-state index in [2.05, 4.69) is 9.72 Å². The summed E-state index contributed by atoms with van der Waals surface area (Å²) in [6, 6.07) is 7.32. The molecule has 0 bridgehead atoms. The summed E-state index contributed by atoms with van der Waals surface area (Å²) in [5.41, 5.74) is 1.22. The number of fused-ring (bicyclic) bond motifs is 1. The zero-order valence-electron chi connectivity index (χ0n) is 7.15. The molecule has 0 saturated carbocycles. The van der Waals surface area contributed by atoms with Crippen LogP contribution in [0.1, 0.15) is 10.4 Å². The molecule has 0 atom stereocenters. The molecular weight excluding hydrogens is 180 g/mol. The quantitative estimate of drug-likeness (QED) is 0.545. The summed E-state index contributed by atoms with van der Waals surface area (Å²) >= 11 is 0. The van der Waals surface area contributed by atoms with Crippen LogP contribution in [-0.2, 0) is 4.74 Å². The highest BCUT2D eigenvalue weighted by atomic mass is 16.5. The number of nitriles is 1. The highest BCUT2D eigenvalue weighted by Crippen LogP contribution is 2.18. The minimum atomic E-state index is -0.634. The Hall–Kier alpha value is -2.28. The van der Waals surface area contributed by atoms with Crippen molar-refractivity contribution in [3.63, 3.8) is 0 Å². The van der Waals surface area contributed by atoms with Gasteiger partial charge in [-0.2, -0.15) is 0 Å². The van der Waals surface area contributed by atoms with Crippen LogP contribution in [-0.4, -0.2) is 11.0 Å². The number of carbonyl (C=O) groups is 1. The van der Waals surface area contributed by atoms with Crippen molar-refractivity contribution in [1.82, 2.24) is 4.98 Å². The van der Waals surface area contributed by atoms with Crippen LogP contribution in [0.4, 0.5) is 0 Å². The predicted octanol–water partition coefficient (Wildman–Crippen LogP) is 1.81. The fourth-order valence-corrected chi connectivity index (χ4v) is 1.34. The van der Waals surface area contributed by atoms with Crippen molar-refractivity contribution < 1.29 is 9.53 Å². The van der Waals surface area contributed by atoms with E-state index in [1.165, 1.54) is 12.5 Å². The van der Waals surface area contributed by atoms with Crippen LogP contribution in [0.2, 0.25) is 0 Å². The minimum Gasteiger partial charge on any atom is -0.360 e. The Bertz CT molecular complexity index is 522. The third-order valence-electron chi connectivity index (χ3n) is 1.95. The number of aromatic amines is 1. The van der Waals surface area contributed by atoms with Gasteiger partial charge in [0.1, 0.15) is 0 Å². The van der Waals surface area contributed by atoms with Crippen LogP contribution in [0, 0.1) is 11.5 Å². The third kappa shape index (κ3) is 1.21. The summed E-state index contributed by atoms with van der Waals surface area (Å²) in [6.07, 6.45) is 2.89. The summed E-state index contributed by atoms with van der Waals surface area (Å²) < 4.78 is 4.24. The van der Waals surface area contributed by atoms with Crippen LogP contribution in [0.5, 0.6) is 0 Å². The van der Waals surface area contributed by atoms with Gasteiger partial charge in [-0.1, -0.05) is 18.2 Å². The first-order chi connectivity index (χ1) is 6.83. The number of benzene rings is 1. The number of nitrogens with zero attached hydrogens (tertiary/aromatic N) is 1. The number of rotatable bonds is 1. The molecule has 0 unspecified atom stereocenters. The van der Waals surface area contributed by atoms with Crippen LogP contribution >= 0.6 is 0 Å². The van der Waals surface area contributed by atoms with E-state index >= 15 is 0 Å². The molecule has 1 N–H and O–H groups in total. The molecule has 0 aliphatic heterocycles. The second-order valence-corrected chi connectivity index (χ2v) is 2.73. The monoisotopic (exact) mass is 186 g/mol. The lowest BCUT2D eigenvalue weighted by molar-refractivity contribution is 0.0687. The molecule has 1 aromatic carbocycles. The van der Waals surface area contributed by atoms with Gasteiger partial charge in [0.2, 0.25) is 0 Å². The molecule has 0 saturated heterocycles. The average molecular weight is 186 g/mol. The fourth-order valence-electron chi connectivity index (χ4n) is 1.34. The zero-order chi connectivity index (χ0) is 9.97. The number of H-pyrrole nitrogens is 1. The van der Waals surface area contributed by atoms with Gasteiger partial charge in [0, 0.05) is 17.1 Å². The van der Waals surface area contributed by atoms with Gasteiger partial charge < -0.3 is 9.72 Å². The second-order valence-electron chi connectivity index (χ2n) is 2.73. The maximum absolute atomic E-state index is 11.3. The number of esters is 1. The molecule has 0 aliphatic carbocycles. The summed E-state index contributed by atoms with van der Waals surface area (Å²) in [6.45, 7) is 0. The Morgan fingerprint density at radius 2 is 2.21 bits per heavy atom. The molecule has 0 fully saturated rings. The van der Waals surface area contributed by atoms with E-state index < -0.39 is 5.97 Å². The summed E-state index contributed by atoms with van der Waals surface area (Å²) in [4.78, 5) is 14.2. The van der Waals surface area contributed by atoms with E-state index in [0.29, 0.717) is 5.56 Å². The number of carbonyl (C=O) groups excluding carboxylic acids is 1. The van der Waals surface area contributed by atoms with Crippen LogP contribution in [0.15, 0.2) is 30.5 Å². The lowest BCUT2D eigenvalue weighted by atomic mass is 10.2. The van der Waals surface area contributed by atoms with Crippen molar-refractivity contribution in [2.24, 2.45) is 0 Å². The van der Waals surface area contributed by atoms with E-state index in [-0.39, 0.29) is 0 Å². The topological polar surface area (TPSA) is 65.9 Å². The van der Waals surface area contributed by atoms with Crippen molar-refractivity contribution in [2.45, 2.75) is 0 Å². The molecule has 4 heteroatoms. The van der Waals surface area contributed by atoms with Crippen molar-refractivity contribution >= 4 is 16.9 Å². The summed E-state index contributed by atoms with van der Waals surface area (Å²) in [5, 5.41) is 8.96. The minimum absolute atomic E-state index is 0.377. The highest BCUT2D eigenvalue weighted by molar-refractivity contribution is 6.04. The van der Waals surface area contributed by atoms with E-state index in [4.69, 9.17) is 5.26 Å². The van der Waals surface area contributed by atoms with Gasteiger partial charge in [0.15, 0.2) is 0 Å². The van der Waals surface area contributed by atoms with Crippen LogP contribution in [0.3, 0.4) is 0 Å². The molecule has 0 radical (unpaired) electrons. The van der Waals surface area contributed by atoms with Gasteiger partial charge >= 0.3 is 5.97 Å². The van der Waals surface area contributed by atoms with E-state index in [1.807, 2.05) is 18.2 Å². The second kappa shape index (κ2) is 3.23. The Labute approximate surface area is 79.7 Å². The fraction of sp³-hybridized carbons (Fsp3) is 0. The number of aromatic nitrogens is 1. The molecule has 0 amide bonds. The molecule has 4 nitrogen and oxygen atoms in total. The number of nitrogens with one attached hydrogen (secondary N) is 1. The first-order valence-electron chi connectivity index (χ1n) is 3.99. The maximum Gasteiger partial charge on any atom is 0.355 e. The van der Waals surface area contributed by atoms with E-state index in [0.717, 1.165) is 10.9 Å². The average Bonchev–Trinajstić information content (AvgIpc) is 2.61. The predicted molar refractivity (Wildman–Crippen MR) is 49.3 cm³/mol. The number of hydrogen-bond donors (Lipinski definition) is 1. The van der Waals surface area contributed by atoms with Crippen LogP contribution < -0.4 is 0 Å². The van der Waals surface area contributed by atoms with Crippen LogP contribution in [0.25, 0.3) is 10.9 Å². The molecule has 1 aromatic heterocycles. The number of para-hydroxylation sites is 1. The molecule has 2 rings (SSSR count). The van der Waals surface area contributed by atoms with Gasteiger partial charge in [0.05, 0.1) is 5.56 Å². The Balaban J connectivity index is 2.54.